The van der Waals surface area contributed by atoms with Gasteiger partial charge in [0.25, 0.3) is 0 Å². The molecule has 0 aromatic heterocycles. The first kappa shape index (κ1) is 14.4. The van der Waals surface area contributed by atoms with E-state index in [4.69, 9.17) is 0 Å². The monoisotopic (exact) mass is 258 g/mol. The largest absolute Gasteiger partial charge is 0.343 e. The Hall–Kier alpha value is -0.710. The van der Waals surface area contributed by atoms with Crippen LogP contribution < -0.4 is 5.32 Å². The lowest BCUT2D eigenvalue weighted by Crippen LogP contribution is -2.62. The van der Waals surface area contributed by atoms with E-state index in [-0.39, 0.29) is 23.9 Å². The number of nitrogens with zero attached hydrogens (tertiary/aromatic N) is 1. The second kappa shape index (κ2) is 6.89. The van der Waals surface area contributed by atoms with E-state index in [2.05, 4.69) is 12.2 Å². The van der Waals surface area contributed by atoms with E-state index in [1.165, 1.54) is 0 Å². The summed E-state index contributed by atoms with van der Waals surface area (Å²) in [5.41, 5.74) is 0. The predicted molar refractivity (Wildman–Crippen MR) is 71.0 cm³/mol. The lowest BCUT2D eigenvalue weighted by Gasteiger charge is -2.37. The van der Waals surface area contributed by atoms with Crippen molar-refractivity contribution in [2.24, 2.45) is 0 Å². The summed E-state index contributed by atoms with van der Waals surface area (Å²) in [5, 5.41) is 2.73. The lowest BCUT2D eigenvalue weighted by atomic mass is 10.1. The molecule has 1 heterocycles. The van der Waals surface area contributed by atoms with Crippen LogP contribution >= 0.6 is 11.8 Å². The number of rotatable bonds is 6. The van der Waals surface area contributed by atoms with E-state index in [0.29, 0.717) is 13.0 Å². The SMILES string of the molecule is CCSCCCN1C(=O)C(C)NC(=O)C1CC. The molecule has 5 heteroatoms. The molecule has 1 saturated heterocycles. The summed E-state index contributed by atoms with van der Waals surface area (Å²) in [4.78, 5) is 25.5. The summed E-state index contributed by atoms with van der Waals surface area (Å²) in [5.74, 6) is 2.19. The molecular formula is C12H22N2O2S. The first-order chi connectivity index (χ1) is 8.11. The first-order valence-electron chi connectivity index (χ1n) is 6.30. The van der Waals surface area contributed by atoms with Crippen molar-refractivity contribution in [2.45, 2.75) is 45.7 Å². The number of piperazine rings is 1. The van der Waals surface area contributed by atoms with Gasteiger partial charge in [0.05, 0.1) is 0 Å². The van der Waals surface area contributed by atoms with Gasteiger partial charge >= 0.3 is 0 Å². The maximum absolute atomic E-state index is 12.0. The maximum Gasteiger partial charge on any atom is 0.245 e. The van der Waals surface area contributed by atoms with Crippen molar-refractivity contribution >= 4 is 23.6 Å². The van der Waals surface area contributed by atoms with Crippen LogP contribution in [0.3, 0.4) is 0 Å². The van der Waals surface area contributed by atoms with Gasteiger partial charge in [-0.3, -0.25) is 9.59 Å². The Bertz CT molecular complexity index is 284. The molecule has 98 valence electrons. The molecule has 4 nitrogen and oxygen atoms in total. The van der Waals surface area contributed by atoms with E-state index in [9.17, 15) is 9.59 Å². The third kappa shape index (κ3) is 3.63. The maximum atomic E-state index is 12.0. The quantitative estimate of drug-likeness (QED) is 0.730. The van der Waals surface area contributed by atoms with Crippen molar-refractivity contribution in [1.29, 1.82) is 0 Å². The molecule has 1 fully saturated rings. The summed E-state index contributed by atoms with van der Waals surface area (Å²) >= 11 is 1.87. The van der Waals surface area contributed by atoms with Crippen molar-refractivity contribution in [3.05, 3.63) is 0 Å². The van der Waals surface area contributed by atoms with Crippen LogP contribution in [-0.4, -0.2) is 46.8 Å². The average Bonchev–Trinajstić information content (AvgIpc) is 2.30. The van der Waals surface area contributed by atoms with Crippen LogP contribution in [0.4, 0.5) is 0 Å². The summed E-state index contributed by atoms with van der Waals surface area (Å²) in [7, 11) is 0. The summed E-state index contributed by atoms with van der Waals surface area (Å²) in [6, 6.07) is -0.644. The first-order valence-corrected chi connectivity index (χ1v) is 7.45. The lowest BCUT2D eigenvalue weighted by molar-refractivity contribution is -0.148. The Morgan fingerprint density at radius 1 is 1.35 bits per heavy atom. The predicted octanol–water partition coefficient (Wildman–Crippen LogP) is 1.26. The Morgan fingerprint density at radius 3 is 2.65 bits per heavy atom. The minimum Gasteiger partial charge on any atom is -0.343 e. The van der Waals surface area contributed by atoms with Crippen LogP contribution in [-0.2, 0) is 9.59 Å². The van der Waals surface area contributed by atoms with Gasteiger partial charge in [-0.1, -0.05) is 13.8 Å². The fraction of sp³-hybridized carbons (Fsp3) is 0.833. The second-order valence-electron chi connectivity index (χ2n) is 4.24. The highest BCUT2D eigenvalue weighted by Gasteiger charge is 2.36. The van der Waals surface area contributed by atoms with E-state index < -0.39 is 0 Å². The van der Waals surface area contributed by atoms with Crippen LogP contribution in [0, 0.1) is 0 Å². The van der Waals surface area contributed by atoms with Crippen LogP contribution in [0.2, 0.25) is 0 Å². The van der Waals surface area contributed by atoms with Gasteiger partial charge in [0.1, 0.15) is 12.1 Å². The van der Waals surface area contributed by atoms with Gasteiger partial charge in [-0.25, -0.2) is 0 Å². The van der Waals surface area contributed by atoms with Crippen LogP contribution in [0.5, 0.6) is 0 Å². The summed E-state index contributed by atoms with van der Waals surface area (Å²) in [6.07, 6.45) is 1.64. The van der Waals surface area contributed by atoms with Gasteiger partial charge in [-0.2, -0.15) is 11.8 Å². The molecule has 0 bridgehead atoms. The molecule has 0 saturated carbocycles. The Labute approximate surface area is 108 Å². The van der Waals surface area contributed by atoms with Gasteiger partial charge in [0.15, 0.2) is 0 Å². The van der Waals surface area contributed by atoms with Crippen molar-refractivity contribution in [3.63, 3.8) is 0 Å². The highest BCUT2D eigenvalue weighted by Crippen LogP contribution is 2.14. The molecular weight excluding hydrogens is 236 g/mol. The fourth-order valence-electron chi connectivity index (χ4n) is 2.07. The van der Waals surface area contributed by atoms with Crippen molar-refractivity contribution < 1.29 is 9.59 Å². The molecule has 0 spiro atoms. The van der Waals surface area contributed by atoms with Gasteiger partial charge < -0.3 is 10.2 Å². The standard InChI is InChI=1S/C12H22N2O2S/c1-4-10-11(15)13-9(3)12(16)14(10)7-6-8-17-5-2/h9-10H,4-8H2,1-3H3,(H,13,15). The Kier molecular flexibility index (Phi) is 5.82. The van der Waals surface area contributed by atoms with E-state index in [1.807, 2.05) is 18.7 Å². The molecule has 0 aromatic carbocycles. The number of carbonyl (C=O) groups excluding carboxylic acids is 2. The number of carbonyl (C=O) groups is 2. The smallest absolute Gasteiger partial charge is 0.245 e. The zero-order valence-corrected chi connectivity index (χ0v) is 11.7. The summed E-state index contributed by atoms with van der Waals surface area (Å²) < 4.78 is 0. The average molecular weight is 258 g/mol. The van der Waals surface area contributed by atoms with Gasteiger partial charge in [0.2, 0.25) is 11.8 Å². The molecule has 1 N–H and O–H groups in total. The molecule has 0 aliphatic carbocycles. The summed E-state index contributed by atoms with van der Waals surface area (Å²) in [6.45, 7) is 6.52. The molecule has 0 aromatic rings. The Morgan fingerprint density at radius 2 is 2.06 bits per heavy atom. The van der Waals surface area contributed by atoms with Crippen molar-refractivity contribution in [3.8, 4) is 0 Å². The number of thioether (sulfide) groups is 1. The normalized spacial score (nSPS) is 25.0. The highest BCUT2D eigenvalue weighted by atomic mass is 32.2. The van der Waals surface area contributed by atoms with Gasteiger partial charge in [-0.05, 0) is 31.3 Å². The van der Waals surface area contributed by atoms with Crippen LogP contribution in [0.15, 0.2) is 0 Å². The number of hydrogen-bond donors (Lipinski definition) is 1. The number of nitrogens with one attached hydrogen (secondary N) is 1. The molecule has 1 aliphatic heterocycles. The molecule has 2 atom stereocenters. The van der Waals surface area contributed by atoms with Crippen molar-refractivity contribution in [2.75, 3.05) is 18.1 Å². The van der Waals surface area contributed by atoms with E-state index >= 15 is 0 Å². The molecule has 1 rings (SSSR count). The second-order valence-corrected chi connectivity index (χ2v) is 5.63. The van der Waals surface area contributed by atoms with Crippen molar-refractivity contribution in [1.82, 2.24) is 10.2 Å². The molecule has 2 amide bonds. The van der Waals surface area contributed by atoms with Gasteiger partial charge in [-0.15, -0.1) is 0 Å². The Balaban J connectivity index is 2.56. The minimum atomic E-state index is -0.371. The highest BCUT2D eigenvalue weighted by molar-refractivity contribution is 7.99. The van der Waals surface area contributed by atoms with E-state index in [1.54, 1.807) is 11.8 Å². The number of amides is 2. The molecule has 1 aliphatic rings. The number of hydrogen-bond acceptors (Lipinski definition) is 3. The van der Waals surface area contributed by atoms with Crippen LogP contribution in [0.1, 0.15) is 33.6 Å². The molecule has 0 radical (unpaired) electrons. The third-order valence-electron chi connectivity index (χ3n) is 2.97. The minimum absolute atomic E-state index is 0.0113. The van der Waals surface area contributed by atoms with Crippen LogP contribution in [0.25, 0.3) is 0 Å². The van der Waals surface area contributed by atoms with E-state index in [0.717, 1.165) is 17.9 Å². The third-order valence-corrected chi connectivity index (χ3v) is 3.96. The van der Waals surface area contributed by atoms with Gasteiger partial charge in [0, 0.05) is 6.54 Å². The molecule has 2 unspecified atom stereocenters. The zero-order chi connectivity index (χ0) is 12.8. The topological polar surface area (TPSA) is 49.4 Å². The fourth-order valence-corrected chi connectivity index (χ4v) is 2.69. The zero-order valence-electron chi connectivity index (χ0n) is 10.9. The molecule has 17 heavy (non-hydrogen) atoms.